The zero-order valence-corrected chi connectivity index (χ0v) is 12.9. The third-order valence-corrected chi connectivity index (χ3v) is 4.31. The maximum atomic E-state index is 6.35. The number of fused-ring (bicyclic) bond motifs is 1. The number of nitrogens with one attached hydrogen (secondary N) is 1. The summed E-state index contributed by atoms with van der Waals surface area (Å²) in [7, 11) is 0. The fourth-order valence-corrected chi connectivity index (χ4v) is 2.92. The van der Waals surface area contributed by atoms with Crippen molar-refractivity contribution in [1.82, 2.24) is 10.3 Å². The van der Waals surface area contributed by atoms with Gasteiger partial charge in [-0.15, -0.1) is 0 Å². The minimum Gasteiger partial charge on any atom is -0.487 e. The van der Waals surface area contributed by atoms with Crippen molar-refractivity contribution in [2.75, 3.05) is 6.54 Å². The van der Waals surface area contributed by atoms with Crippen LogP contribution in [0.2, 0.25) is 0 Å². The lowest BCUT2D eigenvalue weighted by molar-refractivity contribution is -0.0144. The van der Waals surface area contributed by atoms with Gasteiger partial charge in [-0.05, 0) is 50.4 Å². The maximum absolute atomic E-state index is 6.35. The molecule has 1 N–H and O–H groups in total. The summed E-state index contributed by atoms with van der Waals surface area (Å²) in [5, 5.41) is 4.65. The van der Waals surface area contributed by atoms with Crippen LogP contribution in [0.4, 0.5) is 0 Å². The Balaban J connectivity index is 1.70. The number of hydrogen-bond donors (Lipinski definition) is 1. The highest BCUT2D eigenvalue weighted by Gasteiger charge is 2.38. The summed E-state index contributed by atoms with van der Waals surface area (Å²) in [4.78, 5) is 4.41. The molecule has 0 bridgehead atoms. The Morgan fingerprint density at radius 3 is 2.86 bits per heavy atom. The van der Waals surface area contributed by atoms with Crippen LogP contribution in [-0.2, 0) is 0 Å². The lowest BCUT2D eigenvalue weighted by atomic mass is 9.77. The van der Waals surface area contributed by atoms with E-state index in [1.54, 1.807) is 0 Å². The van der Waals surface area contributed by atoms with E-state index in [2.05, 4.69) is 48.4 Å². The Morgan fingerprint density at radius 2 is 2.14 bits per heavy atom. The zero-order chi connectivity index (χ0) is 14.7. The Morgan fingerprint density at radius 1 is 1.29 bits per heavy atom. The number of benzene rings is 1. The molecule has 2 aromatic rings. The van der Waals surface area contributed by atoms with Crippen LogP contribution >= 0.6 is 0 Å². The number of hydrogen-bond acceptors (Lipinski definition) is 3. The second kappa shape index (κ2) is 6.02. The normalized spacial score (nSPS) is 16.9. The van der Waals surface area contributed by atoms with Gasteiger partial charge in [-0.25, -0.2) is 0 Å². The molecule has 112 valence electrons. The van der Waals surface area contributed by atoms with Crippen LogP contribution in [0.3, 0.4) is 0 Å². The second-order valence-electron chi connectivity index (χ2n) is 6.36. The van der Waals surface area contributed by atoms with Gasteiger partial charge in [0, 0.05) is 23.7 Å². The quantitative estimate of drug-likeness (QED) is 0.873. The third-order valence-electron chi connectivity index (χ3n) is 4.31. The molecule has 0 radical (unpaired) electrons. The Hall–Kier alpha value is -1.61. The number of pyridine rings is 1. The van der Waals surface area contributed by atoms with Gasteiger partial charge >= 0.3 is 0 Å². The molecule has 1 fully saturated rings. The van der Waals surface area contributed by atoms with E-state index < -0.39 is 0 Å². The second-order valence-corrected chi connectivity index (χ2v) is 6.36. The largest absolute Gasteiger partial charge is 0.487 e. The fraction of sp³-hybridized carbons (Fsp3) is 0.500. The predicted molar refractivity (Wildman–Crippen MR) is 86.7 cm³/mol. The van der Waals surface area contributed by atoms with E-state index in [4.69, 9.17) is 4.74 Å². The minimum atomic E-state index is 0.0321. The van der Waals surface area contributed by atoms with Crippen molar-refractivity contribution in [3.05, 3.63) is 36.5 Å². The van der Waals surface area contributed by atoms with Gasteiger partial charge in [0.1, 0.15) is 11.4 Å². The standard InChI is InChI=1S/C18H24N2O/c1-14(2)19-12-10-18(8-4-9-18)21-16-7-6-15-5-3-11-20-17(15)13-16/h3,5-7,11,13-14,19H,4,8-10,12H2,1-2H3. The SMILES string of the molecule is CC(C)NCCC1(Oc2ccc3cccnc3c2)CCC1. The topological polar surface area (TPSA) is 34.1 Å². The van der Waals surface area contributed by atoms with Gasteiger partial charge in [-0.3, -0.25) is 4.98 Å². The van der Waals surface area contributed by atoms with Crippen LogP contribution in [0, 0.1) is 0 Å². The molecular weight excluding hydrogens is 260 g/mol. The van der Waals surface area contributed by atoms with E-state index in [1.165, 1.54) is 6.42 Å². The number of ether oxygens (including phenoxy) is 1. The summed E-state index contributed by atoms with van der Waals surface area (Å²) in [6.07, 6.45) is 6.50. The van der Waals surface area contributed by atoms with Gasteiger partial charge in [-0.2, -0.15) is 0 Å². The smallest absolute Gasteiger partial charge is 0.122 e. The summed E-state index contributed by atoms with van der Waals surface area (Å²) in [5.41, 5.74) is 1.04. The van der Waals surface area contributed by atoms with Gasteiger partial charge in [0.15, 0.2) is 0 Å². The van der Waals surface area contributed by atoms with Gasteiger partial charge in [0.25, 0.3) is 0 Å². The molecule has 21 heavy (non-hydrogen) atoms. The van der Waals surface area contributed by atoms with Gasteiger partial charge in [-0.1, -0.05) is 19.9 Å². The van der Waals surface area contributed by atoms with Crippen LogP contribution in [0.5, 0.6) is 5.75 Å². The molecule has 0 atom stereocenters. The van der Waals surface area contributed by atoms with Crippen molar-refractivity contribution in [1.29, 1.82) is 0 Å². The molecular formula is C18H24N2O. The molecule has 1 aliphatic rings. The van der Waals surface area contributed by atoms with Crippen LogP contribution in [0.1, 0.15) is 39.5 Å². The number of aromatic nitrogens is 1. The van der Waals surface area contributed by atoms with Crippen molar-refractivity contribution in [2.45, 2.75) is 51.2 Å². The molecule has 3 rings (SSSR count). The first-order valence-corrected chi connectivity index (χ1v) is 7.94. The highest BCUT2D eigenvalue weighted by atomic mass is 16.5. The van der Waals surface area contributed by atoms with E-state index in [0.717, 1.165) is 42.5 Å². The van der Waals surface area contributed by atoms with Crippen molar-refractivity contribution < 1.29 is 4.74 Å². The lowest BCUT2D eigenvalue weighted by Crippen LogP contribution is -2.45. The third kappa shape index (κ3) is 3.35. The van der Waals surface area contributed by atoms with Crippen molar-refractivity contribution in [3.63, 3.8) is 0 Å². The van der Waals surface area contributed by atoms with Crippen molar-refractivity contribution in [3.8, 4) is 5.75 Å². The molecule has 0 unspecified atom stereocenters. The molecule has 0 aliphatic heterocycles. The molecule has 1 saturated carbocycles. The molecule has 3 nitrogen and oxygen atoms in total. The Bertz CT molecular complexity index is 605. The molecule has 1 aliphatic carbocycles. The summed E-state index contributed by atoms with van der Waals surface area (Å²) in [6, 6.07) is 10.8. The minimum absolute atomic E-state index is 0.0321. The van der Waals surface area contributed by atoms with Gasteiger partial charge in [0.05, 0.1) is 5.52 Å². The monoisotopic (exact) mass is 284 g/mol. The van der Waals surface area contributed by atoms with E-state index in [0.29, 0.717) is 6.04 Å². The first-order valence-electron chi connectivity index (χ1n) is 7.94. The van der Waals surface area contributed by atoms with Crippen LogP contribution in [-0.4, -0.2) is 23.2 Å². The van der Waals surface area contributed by atoms with Gasteiger partial charge in [0.2, 0.25) is 0 Å². The van der Waals surface area contributed by atoms with Crippen LogP contribution < -0.4 is 10.1 Å². The molecule has 3 heteroatoms. The van der Waals surface area contributed by atoms with E-state index >= 15 is 0 Å². The fourth-order valence-electron chi connectivity index (χ4n) is 2.92. The van der Waals surface area contributed by atoms with Crippen molar-refractivity contribution >= 4 is 10.9 Å². The molecule has 0 spiro atoms. The molecule has 1 heterocycles. The highest BCUT2D eigenvalue weighted by Crippen LogP contribution is 2.39. The number of rotatable bonds is 6. The predicted octanol–water partition coefficient (Wildman–Crippen LogP) is 3.92. The molecule has 1 aromatic carbocycles. The molecule has 0 saturated heterocycles. The highest BCUT2D eigenvalue weighted by molar-refractivity contribution is 5.79. The Labute approximate surface area is 126 Å². The van der Waals surface area contributed by atoms with E-state index in [-0.39, 0.29) is 5.60 Å². The summed E-state index contributed by atoms with van der Waals surface area (Å²) < 4.78 is 6.35. The van der Waals surface area contributed by atoms with E-state index in [1.807, 2.05) is 12.3 Å². The average molecular weight is 284 g/mol. The van der Waals surface area contributed by atoms with Crippen molar-refractivity contribution in [2.24, 2.45) is 0 Å². The molecule has 1 aromatic heterocycles. The Kier molecular flexibility index (Phi) is 4.11. The van der Waals surface area contributed by atoms with Crippen LogP contribution in [0.15, 0.2) is 36.5 Å². The first-order chi connectivity index (χ1) is 10.2. The zero-order valence-electron chi connectivity index (χ0n) is 12.9. The summed E-state index contributed by atoms with van der Waals surface area (Å²) in [6.45, 7) is 5.39. The van der Waals surface area contributed by atoms with E-state index in [9.17, 15) is 0 Å². The first kappa shape index (κ1) is 14.3. The number of nitrogens with zero attached hydrogens (tertiary/aromatic N) is 1. The van der Waals surface area contributed by atoms with Crippen LogP contribution in [0.25, 0.3) is 10.9 Å². The average Bonchev–Trinajstić information content (AvgIpc) is 2.44. The maximum Gasteiger partial charge on any atom is 0.122 e. The van der Waals surface area contributed by atoms with Gasteiger partial charge < -0.3 is 10.1 Å². The molecule has 0 amide bonds. The lowest BCUT2D eigenvalue weighted by Gasteiger charge is -2.42. The summed E-state index contributed by atoms with van der Waals surface area (Å²) >= 11 is 0. The summed E-state index contributed by atoms with van der Waals surface area (Å²) in [5.74, 6) is 0.949.